The van der Waals surface area contributed by atoms with Gasteiger partial charge in [0.1, 0.15) is 29.7 Å². The van der Waals surface area contributed by atoms with E-state index in [1.54, 1.807) is 4.90 Å². The molecule has 3 fully saturated rings. The fraction of sp³-hybridized carbons (Fsp3) is 0.633. The van der Waals surface area contributed by atoms with Gasteiger partial charge in [-0.25, -0.2) is 4.39 Å². The average molecular weight is 584 g/mol. The monoisotopic (exact) mass is 583 g/mol. The topological polar surface area (TPSA) is 141 Å². The zero-order chi connectivity index (χ0) is 30.5. The smallest absolute Gasteiger partial charge is 0.265 e. The first-order valence-electron chi connectivity index (χ1n) is 14.5. The maximum absolute atomic E-state index is 14.1. The van der Waals surface area contributed by atoms with Crippen molar-refractivity contribution in [1.29, 1.82) is 5.26 Å². The van der Waals surface area contributed by atoms with Crippen molar-refractivity contribution < 1.29 is 33.0 Å². The molecule has 11 nitrogen and oxygen atoms in total. The highest BCUT2D eigenvalue weighted by Gasteiger charge is 2.70. The Bertz CT molecular complexity index is 1320. The molecule has 0 radical (unpaired) electrons. The summed E-state index contributed by atoms with van der Waals surface area (Å²) in [4.78, 5) is 56.4. The van der Waals surface area contributed by atoms with Gasteiger partial charge < -0.3 is 29.9 Å². The molecule has 5 rings (SSSR count). The van der Waals surface area contributed by atoms with E-state index >= 15 is 0 Å². The van der Waals surface area contributed by atoms with Crippen LogP contribution in [0.3, 0.4) is 0 Å². The number of rotatable bonds is 8. The number of nitriles is 1. The molecular weight excluding hydrogens is 545 g/mol. The minimum Gasteiger partial charge on any atom is -0.478 e. The minimum absolute atomic E-state index is 0.0986. The van der Waals surface area contributed by atoms with Gasteiger partial charge in [-0.15, -0.1) is 0 Å². The van der Waals surface area contributed by atoms with Crippen LogP contribution >= 0.6 is 0 Å². The quantitative estimate of drug-likeness (QED) is 0.476. The predicted octanol–water partition coefficient (Wildman–Crippen LogP) is 1.93. The van der Waals surface area contributed by atoms with Crippen LogP contribution in [-0.2, 0) is 23.9 Å². The lowest BCUT2D eigenvalue weighted by molar-refractivity contribution is -0.148. The number of benzene rings is 1. The van der Waals surface area contributed by atoms with E-state index in [1.807, 2.05) is 13.8 Å². The van der Waals surface area contributed by atoms with Crippen LogP contribution < -0.4 is 15.4 Å². The van der Waals surface area contributed by atoms with Crippen molar-refractivity contribution >= 4 is 29.3 Å². The van der Waals surface area contributed by atoms with Crippen LogP contribution in [0.2, 0.25) is 0 Å². The highest BCUT2D eigenvalue weighted by atomic mass is 19.1. The van der Waals surface area contributed by atoms with E-state index in [4.69, 9.17) is 9.47 Å². The summed E-state index contributed by atoms with van der Waals surface area (Å²) in [6.45, 7) is 9.04. The van der Waals surface area contributed by atoms with Crippen molar-refractivity contribution in [2.75, 3.05) is 32.1 Å². The second-order valence-corrected chi connectivity index (χ2v) is 12.7. The molecule has 0 spiro atoms. The predicted molar refractivity (Wildman–Crippen MR) is 148 cm³/mol. The van der Waals surface area contributed by atoms with E-state index < -0.39 is 41.9 Å². The fourth-order valence-corrected chi connectivity index (χ4v) is 6.64. The summed E-state index contributed by atoms with van der Waals surface area (Å²) in [6, 6.07) is 3.21. The SMILES string of the molecule is CC(C)[C@H](NC(=O)[C@H]1CCOC1)C(=O)N1C[C@H]2[C@@H]([C@H]1C(=O)N(C)[C@H](C#N)C[C@@H]1Oc3ccc(F)cc3NC1=O)C2(C)C. The molecular formula is C30H38FN5O6. The Labute approximate surface area is 244 Å². The van der Waals surface area contributed by atoms with Gasteiger partial charge in [0.05, 0.1) is 24.3 Å². The van der Waals surface area contributed by atoms with E-state index in [9.17, 15) is 28.8 Å². The summed E-state index contributed by atoms with van der Waals surface area (Å²) in [7, 11) is 1.49. The number of piperidine rings is 1. The molecule has 7 atom stereocenters. The standard InChI is InChI=1S/C30H38FN5O6/c1-15(2)24(34-26(37)16-8-9-41-14-16)28(39)36-13-19-23(30(19,3)4)25(36)29(40)35(5)18(12-32)11-22-27(38)33-20-10-17(31)6-7-21(20)42-22/h6-7,10,15-16,18-19,22-25H,8-9,11,13-14H2,1-5H3,(H,33,38)(H,34,37)/t16-,18-,19-,22-,23-,24-,25-/m0/s1. The second kappa shape index (κ2) is 11.2. The molecule has 4 amide bonds. The number of likely N-dealkylation sites (tertiary alicyclic amines) is 1. The lowest BCUT2D eigenvalue weighted by Gasteiger charge is -2.37. The maximum Gasteiger partial charge on any atom is 0.265 e. The number of anilines is 1. The molecule has 42 heavy (non-hydrogen) atoms. The van der Waals surface area contributed by atoms with Gasteiger partial charge in [-0.1, -0.05) is 27.7 Å². The van der Waals surface area contributed by atoms with Crippen LogP contribution in [0.15, 0.2) is 18.2 Å². The van der Waals surface area contributed by atoms with Crippen LogP contribution in [0.5, 0.6) is 5.75 Å². The zero-order valence-electron chi connectivity index (χ0n) is 24.6. The Morgan fingerprint density at radius 3 is 2.69 bits per heavy atom. The first-order valence-corrected chi connectivity index (χ1v) is 14.5. The minimum atomic E-state index is -1.07. The maximum atomic E-state index is 14.1. The molecule has 2 saturated heterocycles. The van der Waals surface area contributed by atoms with Crippen LogP contribution in [0.4, 0.5) is 10.1 Å². The van der Waals surface area contributed by atoms with Gasteiger partial charge >= 0.3 is 0 Å². The van der Waals surface area contributed by atoms with Crippen molar-refractivity contribution in [2.45, 2.75) is 64.8 Å². The van der Waals surface area contributed by atoms with Crippen molar-refractivity contribution in [3.05, 3.63) is 24.0 Å². The Morgan fingerprint density at radius 1 is 1.31 bits per heavy atom. The number of fused-ring (bicyclic) bond motifs is 2. The Morgan fingerprint density at radius 2 is 2.05 bits per heavy atom. The molecule has 1 aliphatic carbocycles. The number of amides is 4. The number of likely N-dealkylation sites (N-methyl/N-ethyl adjacent to an activating group) is 1. The van der Waals surface area contributed by atoms with Crippen LogP contribution in [0.25, 0.3) is 0 Å². The lowest BCUT2D eigenvalue weighted by Crippen LogP contribution is -2.58. The van der Waals surface area contributed by atoms with Gasteiger partial charge in [0.15, 0.2) is 6.10 Å². The largest absolute Gasteiger partial charge is 0.478 e. The highest BCUT2D eigenvalue weighted by Crippen LogP contribution is 2.65. The van der Waals surface area contributed by atoms with Crippen molar-refractivity contribution in [1.82, 2.24) is 15.1 Å². The number of ether oxygens (including phenoxy) is 2. The number of nitrogens with zero attached hydrogens (tertiary/aromatic N) is 3. The molecule has 12 heteroatoms. The lowest BCUT2D eigenvalue weighted by atomic mass is 9.96. The second-order valence-electron chi connectivity index (χ2n) is 12.7. The molecule has 4 aliphatic rings. The Kier molecular flexibility index (Phi) is 7.91. The Balaban J connectivity index is 1.32. The third kappa shape index (κ3) is 5.30. The summed E-state index contributed by atoms with van der Waals surface area (Å²) in [5.74, 6) is -2.26. The van der Waals surface area contributed by atoms with Crippen LogP contribution in [-0.4, -0.2) is 84.5 Å². The highest BCUT2D eigenvalue weighted by molar-refractivity contribution is 5.98. The summed E-state index contributed by atoms with van der Waals surface area (Å²) in [5, 5.41) is 15.5. The molecule has 2 N–H and O–H groups in total. The van der Waals surface area contributed by atoms with E-state index in [1.165, 1.54) is 24.1 Å². The fourth-order valence-electron chi connectivity index (χ4n) is 6.64. The van der Waals surface area contributed by atoms with Gasteiger partial charge in [-0.05, 0) is 41.7 Å². The normalized spacial score (nSPS) is 28.5. The third-order valence-electron chi connectivity index (χ3n) is 9.44. The van der Waals surface area contributed by atoms with Crippen molar-refractivity contribution in [2.24, 2.45) is 29.1 Å². The van der Waals surface area contributed by atoms with E-state index in [0.29, 0.717) is 26.2 Å². The van der Waals surface area contributed by atoms with E-state index in [0.717, 1.165) is 6.07 Å². The number of hydrogen-bond acceptors (Lipinski definition) is 7. The molecule has 0 unspecified atom stereocenters. The van der Waals surface area contributed by atoms with Crippen LogP contribution in [0, 0.1) is 46.2 Å². The molecule has 226 valence electrons. The van der Waals surface area contributed by atoms with Crippen molar-refractivity contribution in [3.63, 3.8) is 0 Å². The number of nitrogens with one attached hydrogen (secondary N) is 2. The first-order chi connectivity index (χ1) is 19.8. The van der Waals surface area contributed by atoms with Gasteiger partial charge in [-0.3, -0.25) is 19.2 Å². The van der Waals surface area contributed by atoms with Crippen molar-refractivity contribution in [3.8, 4) is 11.8 Å². The van der Waals surface area contributed by atoms with Gasteiger partial charge in [0.2, 0.25) is 17.7 Å². The molecule has 0 aromatic heterocycles. The number of carbonyl (C=O) groups excluding carboxylic acids is 4. The third-order valence-corrected chi connectivity index (χ3v) is 9.44. The number of carbonyl (C=O) groups is 4. The molecule has 3 aliphatic heterocycles. The zero-order valence-corrected chi connectivity index (χ0v) is 24.6. The first kappa shape index (κ1) is 29.8. The number of halogens is 1. The summed E-state index contributed by atoms with van der Waals surface area (Å²) in [6.07, 6.45) is -0.595. The Hall–Kier alpha value is -3.72. The molecule has 1 saturated carbocycles. The molecule has 3 heterocycles. The van der Waals surface area contributed by atoms with E-state index in [2.05, 4.69) is 30.6 Å². The van der Waals surface area contributed by atoms with Crippen LogP contribution in [0.1, 0.15) is 40.5 Å². The number of hydrogen-bond donors (Lipinski definition) is 2. The summed E-state index contributed by atoms with van der Waals surface area (Å²) in [5.41, 5.74) is 0.0342. The van der Waals surface area contributed by atoms with E-state index in [-0.39, 0.29) is 58.8 Å². The average Bonchev–Trinajstić information content (AvgIpc) is 3.40. The molecule has 1 aromatic rings. The molecule has 0 bridgehead atoms. The van der Waals surface area contributed by atoms with Gasteiger partial charge in [0, 0.05) is 32.7 Å². The van der Waals surface area contributed by atoms with Gasteiger partial charge in [0.25, 0.3) is 5.91 Å². The summed E-state index contributed by atoms with van der Waals surface area (Å²) < 4.78 is 24.7. The summed E-state index contributed by atoms with van der Waals surface area (Å²) >= 11 is 0. The van der Waals surface area contributed by atoms with Gasteiger partial charge in [-0.2, -0.15) is 5.26 Å². The molecule has 1 aromatic carbocycles.